The minimum Gasteiger partial charge on any atom is -0.315 e. The highest BCUT2D eigenvalue weighted by atomic mass is 15.3. The summed E-state index contributed by atoms with van der Waals surface area (Å²) in [7, 11) is 0. The van der Waals surface area contributed by atoms with Crippen molar-refractivity contribution in [1.29, 1.82) is 0 Å². The van der Waals surface area contributed by atoms with Crippen LogP contribution in [0.25, 0.3) is 0 Å². The molecule has 1 N–H and O–H groups in total. The molecule has 0 bridgehead atoms. The molecular weight excluding hydrogens is 210 g/mol. The average molecular weight is 229 g/mol. The summed E-state index contributed by atoms with van der Waals surface area (Å²) in [4.78, 5) is 0. The topological polar surface area (TPSA) is 29.9 Å². The summed E-state index contributed by atoms with van der Waals surface area (Å²) in [6, 6.07) is 10.5. The zero-order valence-electron chi connectivity index (χ0n) is 10.3. The molecule has 0 fully saturated rings. The van der Waals surface area contributed by atoms with Crippen molar-refractivity contribution >= 4 is 0 Å². The first kappa shape index (κ1) is 11.9. The van der Waals surface area contributed by atoms with Crippen molar-refractivity contribution in [2.75, 3.05) is 13.1 Å². The molecule has 0 aliphatic heterocycles. The normalized spacial score (nSPS) is 10.6. The van der Waals surface area contributed by atoms with Crippen LogP contribution in [0.2, 0.25) is 0 Å². The van der Waals surface area contributed by atoms with Crippen LogP contribution in [-0.4, -0.2) is 22.9 Å². The molecule has 0 aliphatic rings. The van der Waals surface area contributed by atoms with E-state index in [4.69, 9.17) is 0 Å². The van der Waals surface area contributed by atoms with Gasteiger partial charge in [0.25, 0.3) is 0 Å². The van der Waals surface area contributed by atoms with Crippen molar-refractivity contribution in [3.63, 3.8) is 0 Å². The highest BCUT2D eigenvalue weighted by molar-refractivity contribution is 5.25. The maximum atomic E-state index is 4.16. The van der Waals surface area contributed by atoms with E-state index in [1.54, 1.807) is 0 Å². The third kappa shape index (κ3) is 3.71. The first-order chi connectivity index (χ1) is 8.36. The van der Waals surface area contributed by atoms with Gasteiger partial charge in [-0.05, 0) is 37.1 Å². The Labute approximate surface area is 102 Å². The second kappa shape index (κ2) is 6.21. The van der Waals surface area contributed by atoms with Gasteiger partial charge < -0.3 is 5.32 Å². The molecule has 0 amide bonds. The first-order valence-electron chi connectivity index (χ1n) is 6.09. The number of hydrogen-bond donors (Lipinski definition) is 1. The smallest absolute Gasteiger partial charge is 0.0533 e. The fraction of sp³-hybridized carbons (Fsp3) is 0.357. The van der Waals surface area contributed by atoms with Gasteiger partial charge in [0.2, 0.25) is 0 Å². The fourth-order valence-corrected chi connectivity index (χ4v) is 1.86. The Morgan fingerprint density at radius 3 is 2.82 bits per heavy atom. The van der Waals surface area contributed by atoms with Gasteiger partial charge in [-0.3, -0.25) is 4.68 Å². The second-order valence-corrected chi connectivity index (χ2v) is 4.20. The maximum absolute atomic E-state index is 4.16. The van der Waals surface area contributed by atoms with Crippen LogP contribution >= 0.6 is 0 Å². The van der Waals surface area contributed by atoms with Crippen molar-refractivity contribution in [2.24, 2.45) is 0 Å². The number of hydrogen-bond acceptors (Lipinski definition) is 2. The van der Waals surface area contributed by atoms with Crippen LogP contribution < -0.4 is 5.32 Å². The predicted octanol–water partition coefficient (Wildman–Crippen LogP) is 2.02. The zero-order valence-corrected chi connectivity index (χ0v) is 10.3. The van der Waals surface area contributed by atoms with Crippen molar-refractivity contribution in [2.45, 2.75) is 19.9 Å². The van der Waals surface area contributed by atoms with Crippen molar-refractivity contribution in [3.8, 4) is 0 Å². The van der Waals surface area contributed by atoms with Crippen LogP contribution in [0.4, 0.5) is 0 Å². The summed E-state index contributed by atoms with van der Waals surface area (Å²) in [6.07, 6.45) is 4.89. The van der Waals surface area contributed by atoms with Gasteiger partial charge in [-0.15, -0.1) is 0 Å². The lowest BCUT2D eigenvalue weighted by Gasteiger charge is -2.07. The van der Waals surface area contributed by atoms with Gasteiger partial charge in [0.15, 0.2) is 0 Å². The largest absolute Gasteiger partial charge is 0.315 e. The summed E-state index contributed by atoms with van der Waals surface area (Å²) in [5, 5.41) is 7.60. The molecule has 3 heteroatoms. The summed E-state index contributed by atoms with van der Waals surface area (Å²) in [5.41, 5.74) is 2.81. The standard InChI is InChI=1S/C14H19N3/c1-13-5-2-3-6-14(13)7-9-15-10-12-17-11-4-8-16-17/h2-6,8,11,15H,7,9-10,12H2,1H3. The first-order valence-corrected chi connectivity index (χ1v) is 6.09. The van der Waals surface area contributed by atoms with Gasteiger partial charge >= 0.3 is 0 Å². The Morgan fingerprint density at radius 1 is 1.18 bits per heavy atom. The van der Waals surface area contributed by atoms with Crippen LogP contribution in [0.1, 0.15) is 11.1 Å². The van der Waals surface area contributed by atoms with Crippen LogP contribution in [0, 0.1) is 6.92 Å². The minimum atomic E-state index is 0.931. The van der Waals surface area contributed by atoms with Crippen LogP contribution in [0.3, 0.4) is 0 Å². The SMILES string of the molecule is Cc1ccccc1CCNCCn1cccn1. The lowest BCUT2D eigenvalue weighted by Crippen LogP contribution is -2.22. The minimum absolute atomic E-state index is 0.931. The molecule has 17 heavy (non-hydrogen) atoms. The van der Waals surface area contributed by atoms with Crippen molar-refractivity contribution < 1.29 is 0 Å². The van der Waals surface area contributed by atoms with Gasteiger partial charge in [-0.1, -0.05) is 24.3 Å². The molecule has 0 unspecified atom stereocenters. The van der Waals surface area contributed by atoms with Crippen molar-refractivity contribution in [1.82, 2.24) is 15.1 Å². The Kier molecular flexibility index (Phi) is 4.33. The van der Waals surface area contributed by atoms with E-state index in [2.05, 4.69) is 41.6 Å². The maximum Gasteiger partial charge on any atom is 0.0533 e. The van der Waals surface area contributed by atoms with E-state index < -0.39 is 0 Å². The average Bonchev–Trinajstić information content (AvgIpc) is 2.84. The molecule has 0 atom stereocenters. The summed E-state index contributed by atoms with van der Waals surface area (Å²) in [6.45, 7) is 5.08. The number of rotatable bonds is 6. The van der Waals surface area contributed by atoms with Gasteiger partial charge in [0.1, 0.15) is 0 Å². The third-order valence-electron chi connectivity index (χ3n) is 2.91. The zero-order chi connectivity index (χ0) is 11.9. The number of nitrogens with one attached hydrogen (secondary N) is 1. The Morgan fingerprint density at radius 2 is 2.06 bits per heavy atom. The Balaban J connectivity index is 1.65. The lowest BCUT2D eigenvalue weighted by atomic mass is 10.1. The summed E-state index contributed by atoms with van der Waals surface area (Å²) < 4.78 is 1.95. The number of aromatic nitrogens is 2. The van der Waals surface area contributed by atoms with E-state index in [9.17, 15) is 0 Å². The van der Waals surface area contributed by atoms with E-state index in [1.165, 1.54) is 11.1 Å². The molecule has 2 rings (SSSR count). The van der Waals surface area contributed by atoms with Crippen LogP contribution in [-0.2, 0) is 13.0 Å². The highest BCUT2D eigenvalue weighted by Gasteiger charge is 1.96. The molecule has 1 aromatic heterocycles. The fourth-order valence-electron chi connectivity index (χ4n) is 1.86. The molecule has 1 aromatic carbocycles. The molecule has 0 spiro atoms. The van der Waals surface area contributed by atoms with Gasteiger partial charge in [0, 0.05) is 18.9 Å². The highest BCUT2D eigenvalue weighted by Crippen LogP contribution is 2.06. The van der Waals surface area contributed by atoms with Crippen LogP contribution in [0.5, 0.6) is 0 Å². The van der Waals surface area contributed by atoms with Gasteiger partial charge in [-0.25, -0.2) is 0 Å². The summed E-state index contributed by atoms with van der Waals surface area (Å²) >= 11 is 0. The monoisotopic (exact) mass is 229 g/mol. The number of nitrogens with zero attached hydrogens (tertiary/aromatic N) is 2. The summed E-state index contributed by atoms with van der Waals surface area (Å²) in [5.74, 6) is 0. The van der Waals surface area contributed by atoms with E-state index in [1.807, 2.05) is 23.1 Å². The Bertz CT molecular complexity index is 434. The molecule has 0 radical (unpaired) electrons. The molecule has 90 valence electrons. The van der Waals surface area contributed by atoms with E-state index >= 15 is 0 Å². The molecule has 2 aromatic rings. The molecular formula is C14H19N3. The van der Waals surface area contributed by atoms with E-state index in [0.29, 0.717) is 0 Å². The van der Waals surface area contributed by atoms with Crippen LogP contribution in [0.15, 0.2) is 42.7 Å². The molecule has 0 saturated carbocycles. The predicted molar refractivity (Wildman–Crippen MR) is 70.0 cm³/mol. The molecule has 0 aliphatic carbocycles. The number of aryl methyl sites for hydroxylation is 1. The number of benzene rings is 1. The van der Waals surface area contributed by atoms with E-state index in [-0.39, 0.29) is 0 Å². The molecule has 3 nitrogen and oxygen atoms in total. The van der Waals surface area contributed by atoms with E-state index in [0.717, 1.165) is 26.1 Å². The van der Waals surface area contributed by atoms with Crippen molar-refractivity contribution in [3.05, 3.63) is 53.9 Å². The molecule has 1 heterocycles. The molecule has 0 saturated heterocycles. The van der Waals surface area contributed by atoms with Gasteiger partial charge in [0.05, 0.1) is 6.54 Å². The lowest BCUT2D eigenvalue weighted by molar-refractivity contribution is 0.556. The van der Waals surface area contributed by atoms with Gasteiger partial charge in [-0.2, -0.15) is 5.10 Å². The third-order valence-corrected chi connectivity index (χ3v) is 2.91. The quantitative estimate of drug-likeness (QED) is 0.768. The second-order valence-electron chi connectivity index (χ2n) is 4.20. The Hall–Kier alpha value is -1.61.